The van der Waals surface area contributed by atoms with E-state index >= 15 is 0 Å². The number of amides is 1. The van der Waals surface area contributed by atoms with Gasteiger partial charge in [-0.2, -0.15) is 0 Å². The summed E-state index contributed by atoms with van der Waals surface area (Å²) in [5.74, 6) is 0.269. The summed E-state index contributed by atoms with van der Waals surface area (Å²) in [5.41, 5.74) is 1.19. The molecule has 0 aromatic carbocycles. The van der Waals surface area contributed by atoms with Gasteiger partial charge in [0.25, 0.3) is 0 Å². The molecule has 0 fully saturated rings. The monoisotopic (exact) mass is 235 g/mol. The number of carbonyl (C=O) groups is 1. The topological polar surface area (TPSA) is 30.0 Å². The Morgan fingerprint density at radius 2 is 1.71 bits per heavy atom. The molecule has 3 heteroatoms. The average Bonchev–Trinajstić information content (AvgIpc) is 2.30. The summed E-state index contributed by atoms with van der Waals surface area (Å²) < 4.78 is 0.566. The minimum Gasteiger partial charge on any atom is -0.265 e. The van der Waals surface area contributed by atoms with Crippen LogP contribution in [0.5, 0.6) is 0 Å². The van der Waals surface area contributed by atoms with Crippen LogP contribution in [0.15, 0.2) is 24.5 Å². The third-order valence-electron chi connectivity index (χ3n) is 3.21. The zero-order valence-electron chi connectivity index (χ0n) is 11.1. The predicted molar refractivity (Wildman–Crippen MR) is 69.2 cm³/mol. The van der Waals surface area contributed by atoms with E-state index in [-0.39, 0.29) is 5.91 Å². The Morgan fingerprint density at radius 1 is 1.18 bits per heavy atom. The molecule has 0 unspecified atom stereocenters. The summed E-state index contributed by atoms with van der Waals surface area (Å²) in [4.78, 5) is 16.0. The molecule has 0 aliphatic rings. The highest BCUT2D eigenvalue weighted by atomic mass is 16.2. The molecule has 1 heterocycles. The van der Waals surface area contributed by atoms with Gasteiger partial charge in [-0.1, -0.05) is 13.8 Å². The SMILES string of the molecule is CCC[N+](CCC)(Cc1ccncc1)C(C)=O. The second-order valence-electron chi connectivity index (χ2n) is 4.62. The Balaban J connectivity index is 2.92. The normalized spacial score (nSPS) is 11.5. The average molecular weight is 235 g/mol. The fourth-order valence-corrected chi connectivity index (χ4v) is 2.39. The predicted octanol–water partition coefficient (Wildman–Crippen LogP) is 2.76. The van der Waals surface area contributed by atoms with Gasteiger partial charge in [0.05, 0.1) is 20.0 Å². The van der Waals surface area contributed by atoms with Crippen molar-refractivity contribution in [3.8, 4) is 0 Å². The molecule has 17 heavy (non-hydrogen) atoms. The van der Waals surface area contributed by atoms with E-state index < -0.39 is 0 Å². The van der Waals surface area contributed by atoms with Crippen LogP contribution in [0.2, 0.25) is 0 Å². The molecule has 1 aromatic heterocycles. The highest BCUT2D eigenvalue weighted by Gasteiger charge is 2.31. The zero-order valence-corrected chi connectivity index (χ0v) is 11.1. The Labute approximate surface area is 104 Å². The number of pyridine rings is 1. The van der Waals surface area contributed by atoms with Crippen molar-refractivity contribution in [2.45, 2.75) is 40.2 Å². The van der Waals surface area contributed by atoms with Crippen LogP contribution in [0.4, 0.5) is 0 Å². The Morgan fingerprint density at radius 3 is 2.12 bits per heavy atom. The van der Waals surface area contributed by atoms with E-state index in [4.69, 9.17) is 0 Å². The zero-order chi connectivity index (χ0) is 12.7. The van der Waals surface area contributed by atoms with Gasteiger partial charge in [-0.3, -0.25) is 9.47 Å². The van der Waals surface area contributed by atoms with E-state index in [9.17, 15) is 4.79 Å². The maximum Gasteiger partial charge on any atom is 0.310 e. The van der Waals surface area contributed by atoms with E-state index in [2.05, 4.69) is 18.8 Å². The van der Waals surface area contributed by atoms with Gasteiger partial charge in [-0.25, -0.2) is 4.79 Å². The van der Waals surface area contributed by atoms with Gasteiger partial charge in [-0.15, -0.1) is 0 Å². The van der Waals surface area contributed by atoms with Crippen LogP contribution in [0, 0.1) is 0 Å². The van der Waals surface area contributed by atoms with Gasteiger partial charge in [-0.05, 0) is 25.0 Å². The molecule has 1 rings (SSSR count). The molecule has 0 saturated heterocycles. The summed E-state index contributed by atoms with van der Waals surface area (Å²) in [5, 5.41) is 0. The van der Waals surface area contributed by atoms with E-state index in [0.29, 0.717) is 4.48 Å². The lowest BCUT2D eigenvalue weighted by Gasteiger charge is -2.34. The molecule has 0 spiro atoms. The quantitative estimate of drug-likeness (QED) is 0.710. The van der Waals surface area contributed by atoms with Crippen LogP contribution in [0.3, 0.4) is 0 Å². The molecular weight excluding hydrogens is 212 g/mol. The third-order valence-corrected chi connectivity index (χ3v) is 3.21. The van der Waals surface area contributed by atoms with E-state index in [1.807, 2.05) is 12.1 Å². The Kier molecular flexibility index (Phi) is 5.29. The summed E-state index contributed by atoms with van der Waals surface area (Å²) in [7, 11) is 0. The van der Waals surface area contributed by atoms with Crippen LogP contribution in [-0.2, 0) is 11.3 Å². The summed E-state index contributed by atoms with van der Waals surface area (Å²) in [6.45, 7) is 8.62. The van der Waals surface area contributed by atoms with Crippen LogP contribution >= 0.6 is 0 Å². The molecule has 94 valence electrons. The van der Waals surface area contributed by atoms with Gasteiger partial charge >= 0.3 is 5.91 Å². The van der Waals surface area contributed by atoms with Crippen molar-refractivity contribution in [1.82, 2.24) is 4.98 Å². The fraction of sp³-hybridized carbons (Fsp3) is 0.571. The Hall–Kier alpha value is -1.22. The molecular formula is C14H23N2O+. The van der Waals surface area contributed by atoms with Crippen LogP contribution in [0.1, 0.15) is 39.2 Å². The first kappa shape index (κ1) is 13.8. The standard InChI is InChI=1S/C14H23N2O/c1-4-10-16(11-5-2,13(3)17)12-14-6-8-15-9-7-14/h6-9H,4-5,10-12H2,1-3H3/q+1. The first-order valence-corrected chi connectivity index (χ1v) is 6.40. The van der Waals surface area contributed by atoms with Crippen molar-refractivity contribution in [1.29, 1.82) is 0 Å². The van der Waals surface area contributed by atoms with Crippen LogP contribution in [-0.4, -0.2) is 28.5 Å². The highest BCUT2D eigenvalue weighted by molar-refractivity contribution is 5.65. The van der Waals surface area contributed by atoms with Gasteiger partial charge < -0.3 is 0 Å². The van der Waals surface area contributed by atoms with Crippen molar-refractivity contribution in [3.63, 3.8) is 0 Å². The van der Waals surface area contributed by atoms with Crippen molar-refractivity contribution in [2.75, 3.05) is 13.1 Å². The number of hydrogen-bond donors (Lipinski definition) is 0. The molecule has 1 amide bonds. The maximum absolute atomic E-state index is 12.0. The molecule has 0 saturated carbocycles. The van der Waals surface area contributed by atoms with E-state index in [1.54, 1.807) is 19.3 Å². The van der Waals surface area contributed by atoms with Crippen molar-refractivity contribution in [2.24, 2.45) is 0 Å². The first-order chi connectivity index (χ1) is 8.14. The lowest BCUT2D eigenvalue weighted by atomic mass is 10.1. The van der Waals surface area contributed by atoms with Gasteiger partial charge in [0.15, 0.2) is 0 Å². The minimum absolute atomic E-state index is 0.269. The first-order valence-electron chi connectivity index (χ1n) is 6.40. The van der Waals surface area contributed by atoms with E-state index in [1.165, 1.54) is 5.56 Å². The summed E-state index contributed by atoms with van der Waals surface area (Å²) in [6, 6.07) is 4.00. The van der Waals surface area contributed by atoms with E-state index in [0.717, 1.165) is 32.5 Å². The fourth-order valence-electron chi connectivity index (χ4n) is 2.39. The molecule has 0 aliphatic carbocycles. The molecule has 1 aromatic rings. The smallest absolute Gasteiger partial charge is 0.265 e. The molecule has 0 aliphatic heterocycles. The number of nitrogens with zero attached hydrogens (tertiary/aromatic N) is 2. The largest absolute Gasteiger partial charge is 0.310 e. The van der Waals surface area contributed by atoms with Crippen molar-refractivity contribution in [3.05, 3.63) is 30.1 Å². The third kappa shape index (κ3) is 3.63. The van der Waals surface area contributed by atoms with Crippen LogP contribution < -0.4 is 0 Å². The number of rotatable bonds is 6. The van der Waals surface area contributed by atoms with Crippen molar-refractivity contribution < 1.29 is 9.28 Å². The highest BCUT2D eigenvalue weighted by Crippen LogP contribution is 2.17. The molecule has 3 nitrogen and oxygen atoms in total. The minimum atomic E-state index is 0.269. The lowest BCUT2D eigenvalue weighted by Crippen LogP contribution is -2.51. The summed E-state index contributed by atoms with van der Waals surface area (Å²) in [6.07, 6.45) is 5.65. The van der Waals surface area contributed by atoms with Crippen LogP contribution in [0.25, 0.3) is 0 Å². The Bertz CT molecular complexity index is 342. The number of quaternary nitrogens is 1. The molecule has 0 N–H and O–H groups in total. The second kappa shape index (κ2) is 6.50. The summed E-state index contributed by atoms with van der Waals surface area (Å²) >= 11 is 0. The lowest BCUT2D eigenvalue weighted by molar-refractivity contribution is -0.867. The number of carbonyl (C=O) groups excluding carboxylic acids is 1. The molecule has 0 radical (unpaired) electrons. The molecule has 0 atom stereocenters. The maximum atomic E-state index is 12.0. The molecule has 0 bridgehead atoms. The number of aromatic nitrogens is 1. The van der Waals surface area contributed by atoms with Gasteiger partial charge in [0.2, 0.25) is 0 Å². The van der Waals surface area contributed by atoms with Gasteiger partial charge in [0.1, 0.15) is 6.54 Å². The second-order valence-corrected chi connectivity index (χ2v) is 4.62. The van der Waals surface area contributed by atoms with Gasteiger partial charge in [0, 0.05) is 18.0 Å². The van der Waals surface area contributed by atoms with Crippen molar-refractivity contribution >= 4 is 5.91 Å². The number of hydrogen-bond acceptors (Lipinski definition) is 2.